The van der Waals surface area contributed by atoms with Gasteiger partial charge in [0.1, 0.15) is 6.26 Å². The van der Waals surface area contributed by atoms with Crippen LogP contribution in [-0.2, 0) is 4.74 Å². The monoisotopic (exact) mass is 274 g/mol. The molecule has 0 aliphatic carbocycles. The molecule has 0 unspecified atom stereocenters. The fourth-order valence-electron chi connectivity index (χ4n) is 1.15. The van der Waals surface area contributed by atoms with E-state index in [2.05, 4.69) is 10.3 Å². The molecule has 0 spiro atoms. The number of aromatic nitrogens is 1. The van der Waals surface area contributed by atoms with Crippen molar-refractivity contribution < 1.29 is 19.1 Å². The summed E-state index contributed by atoms with van der Waals surface area (Å²) in [5.41, 5.74) is 0.173. The van der Waals surface area contributed by atoms with Crippen molar-refractivity contribution in [1.29, 1.82) is 0 Å². The van der Waals surface area contributed by atoms with E-state index in [9.17, 15) is 4.79 Å². The van der Waals surface area contributed by atoms with Gasteiger partial charge >= 0.3 is 5.97 Å². The van der Waals surface area contributed by atoms with Crippen molar-refractivity contribution in [2.24, 2.45) is 0 Å². The number of oxazole rings is 1. The standard InChI is InChI=1S/C11H18N2O4S/c1-2-16-10(15)9-8-17-11(13-9)12-4-7-18-6-3-5-14/h8,14H,2-7H2,1H3,(H,12,13). The quantitative estimate of drug-likeness (QED) is 0.519. The molecule has 7 heteroatoms. The number of anilines is 1. The number of aliphatic hydroxyl groups is 1. The summed E-state index contributed by atoms with van der Waals surface area (Å²) >= 11 is 1.73. The van der Waals surface area contributed by atoms with Crippen molar-refractivity contribution in [2.45, 2.75) is 13.3 Å². The van der Waals surface area contributed by atoms with Crippen LogP contribution in [0.1, 0.15) is 23.8 Å². The predicted molar refractivity (Wildman–Crippen MR) is 70.0 cm³/mol. The number of hydrogen-bond donors (Lipinski definition) is 2. The smallest absolute Gasteiger partial charge is 0.360 e. The number of thioether (sulfide) groups is 1. The zero-order chi connectivity index (χ0) is 13.2. The summed E-state index contributed by atoms with van der Waals surface area (Å²) in [6.07, 6.45) is 2.08. The first-order valence-corrected chi connectivity index (χ1v) is 6.98. The summed E-state index contributed by atoms with van der Waals surface area (Å²) in [6.45, 7) is 2.97. The van der Waals surface area contributed by atoms with Crippen molar-refractivity contribution >= 4 is 23.7 Å². The van der Waals surface area contributed by atoms with Gasteiger partial charge in [-0.1, -0.05) is 0 Å². The molecule has 0 saturated carbocycles. The molecule has 1 rings (SSSR count). The highest BCUT2D eigenvalue weighted by Crippen LogP contribution is 2.09. The number of rotatable bonds is 9. The predicted octanol–water partition coefficient (Wildman–Crippen LogP) is 1.38. The van der Waals surface area contributed by atoms with E-state index in [1.54, 1.807) is 18.7 Å². The number of nitrogens with zero attached hydrogens (tertiary/aromatic N) is 1. The van der Waals surface area contributed by atoms with Gasteiger partial charge in [-0.05, 0) is 19.1 Å². The lowest BCUT2D eigenvalue weighted by Gasteiger charge is -2.01. The van der Waals surface area contributed by atoms with Gasteiger partial charge in [-0.25, -0.2) is 4.79 Å². The van der Waals surface area contributed by atoms with Crippen LogP contribution in [0.25, 0.3) is 0 Å². The molecule has 0 amide bonds. The minimum absolute atomic E-state index is 0.173. The summed E-state index contributed by atoms with van der Waals surface area (Å²) in [5.74, 6) is 1.33. The first-order valence-electron chi connectivity index (χ1n) is 5.83. The molecule has 2 N–H and O–H groups in total. The average molecular weight is 274 g/mol. The maximum Gasteiger partial charge on any atom is 0.360 e. The number of hydrogen-bond acceptors (Lipinski definition) is 7. The maximum atomic E-state index is 11.3. The zero-order valence-electron chi connectivity index (χ0n) is 10.3. The van der Waals surface area contributed by atoms with Crippen LogP contribution in [0.4, 0.5) is 6.01 Å². The van der Waals surface area contributed by atoms with Crippen molar-refractivity contribution in [3.63, 3.8) is 0 Å². The molecular weight excluding hydrogens is 256 g/mol. The van der Waals surface area contributed by atoms with Crippen molar-refractivity contribution in [3.8, 4) is 0 Å². The summed E-state index contributed by atoms with van der Waals surface area (Å²) in [4.78, 5) is 15.3. The van der Waals surface area contributed by atoms with Crippen LogP contribution < -0.4 is 5.32 Å². The van der Waals surface area contributed by atoms with E-state index in [0.29, 0.717) is 19.2 Å². The number of aliphatic hydroxyl groups excluding tert-OH is 1. The lowest BCUT2D eigenvalue weighted by Crippen LogP contribution is -2.07. The van der Waals surface area contributed by atoms with E-state index >= 15 is 0 Å². The molecule has 0 atom stereocenters. The van der Waals surface area contributed by atoms with Crippen LogP contribution in [-0.4, -0.2) is 47.3 Å². The Morgan fingerprint density at radius 3 is 3.17 bits per heavy atom. The number of carbonyl (C=O) groups is 1. The Labute approximate surface area is 110 Å². The Balaban J connectivity index is 2.21. The van der Waals surface area contributed by atoms with Crippen LogP contribution in [0.3, 0.4) is 0 Å². The minimum atomic E-state index is -0.480. The third-order valence-corrected chi connectivity index (χ3v) is 3.03. The highest BCUT2D eigenvalue weighted by Gasteiger charge is 2.12. The Morgan fingerprint density at radius 1 is 1.61 bits per heavy atom. The van der Waals surface area contributed by atoms with Crippen molar-refractivity contribution in [2.75, 3.05) is 36.6 Å². The second kappa shape index (κ2) is 8.82. The van der Waals surface area contributed by atoms with Crippen molar-refractivity contribution in [1.82, 2.24) is 4.98 Å². The fourth-order valence-corrected chi connectivity index (χ4v) is 1.94. The third-order valence-electron chi connectivity index (χ3n) is 1.96. The molecule has 1 aromatic rings. The SMILES string of the molecule is CCOC(=O)c1coc(NCCSCCCO)n1. The average Bonchev–Trinajstić information content (AvgIpc) is 2.83. The number of nitrogens with one attached hydrogen (secondary N) is 1. The van der Waals surface area contributed by atoms with Gasteiger partial charge in [-0.2, -0.15) is 16.7 Å². The Hall–Kier alpha value is -1.21. The van der Waals surface area contributed by atoms with Crippen LogP contribution in [0.15, 0.2) is 10.7 Å². The molecule has 6 nitrogen and oxygen atoms in total. The minimum Gasteiger partial charge on any atom is -0.461 e. The fraction of sp³-hybridized carbons (Fsp3) is 0.636. The molecule has 1 heterocycles. The van der Waals surface area contributed by atoms with Gasteiger partial charge in [0.05, 0.1) is 6.61 Å². The molecule has 18 heavy (non-hydrogen) atoms. The van der Waals surface area contributed by atoms with E-state index in [1.165, 1.54) is 6.26 Å². The molecular formula is C11H18N2O4S. The first-order chi connectivity index (χ1) is 8.77. The molecule has 0 saturated heterocycles. The summed E-state index contributed by atoms with van der Waals surface area (Å²) in [7, 11) is 0. The van der Waals surface area contributed by atoms with Gasteiger partial charge in [0.25, 0.3) is 6.01 Å². The topological polar surface area (TPSA) is 84.6 Å². The number of carbonyl (C=O) groups excluding carboxylic acids is 1. The lowest BCUT2D eigenvalue weighted by molar-refractivity contribution is 0.0519. The third kappa shape index (κ3) is 5.42. The van der Waals surface area contributed by atoms with Gasteiger partial charge in [-0.15, -0.1) is 0 Å². The van der Waals surface area contributed by atoms with Gasteiger partial charge < -0.3 is 19.6 Å². The van der Waals surface area contributed by atoms with Crippen LogP contribution in [0, 0.1) is 0 Å². The van der Waals surface area contributed by atoms with E-state index in [-0.39, 0.29) is 12.3 Å². The summed E-state index contributed by atoms with van der Waals surface area (Å²) < 4.78 is 9.88. The van der Waals surface area contributed by atoms with E-state index < -0.39 is 5.97 Å². The van der Waals surface area contributed by atoms with Gasteiger partial charge in [-0.3, -0.25) is 0 Å². The molecule has 1 aromatic heterocycles. The summed E-state index contributed by atoms with van der Waals surface area (Å²) in [6, 6.07) is 0.320. The lowest BCUT2D eigenvalue weighted by atomic mass is 10.5. The molecule has 0 aliphatic rings. The van der Waals surface area contributed by atoms with Gasteiger partial charge in [0.2, 0.25) is 0 Å². The highest BCUT2D eigenvalue weighted by molar-refractivity contribution is 7.99. The Kier molecular flexibility index (Phi) is 7.28. The molecule has 0 fully saturated rings. The normalized spacial score (nSPS) is 10.3. The van der Waals surface area contributed by atoms with Gasteiger partial charge in [0, 0.05) is 18.9 Å². The number of esters is 1. The van der Waals surface area contributed by atoms with E-state index in [1.807, 2.05) is 0 Å². The van der Waals surface area contributed by atoms with Crippen molar-refractivity contribution in [3.05, 3.63) is 12.0 Å². The van der Waals surface area contributed by atoms with E-state index in [0.717, 1.165) is 17.9 Å². The van der Waals surface area contributed by atoms with Crippen LogP contribution in [0.5, 0.6) is 0 Å². The molecule has 0 aliphatic heterocycles. The molecule has 0 bridgehead atoms. The second-order valence-corrected chi connectivity index (χ2v) is 4.60. The Morgan fingerprint density at radius 2 is 2.44 bits per heavy atom. The molecule has 102 valence electrons. The molecule has 0 radical (unpaired) electrons. The first kappa shape index (κ1) is 14.8. The summed E-state index contributed by atoms with van der Waals surface area (Å²) in [5, 5.41) is 11.6. The Bertz CT molecular complexity index is 357. The van der Waals surface area contributed by atoms with E-state index in [4.69, 9.17) is 14.3 Å². The highest BCUT2D eigenvalue weighted by atomic mass is 32.2. The largest absolute Gasteiger partial charge is 0.461 e. The second-order valence-electron chi connectivity index (χ2n) is 3.37. The number of ether oxygens (including phenoxy) is 1. The van der Waals surface area contributed by atoms with Gasteiger partial charge in [0.15, 0.2) is 5.69 Å². The molecule has 0 aromatic carbocycles. The zero-order valence-corrected chi connectivity index (χ0v) is 11.2. The van der Waals surface area contributed by atoms with Crippen LogP contribution in [0.2, 0.25) is 0 Å². The van der Waals surface area contributed by atoms with Crippen LogP contribution >= 0.6 is 11.8 Å². The maximum absolute atomic E-state index is 11.3.